The van der Waals surface area contributed by atoms with Gasteiger partial charge in [-0.05, 0) is 37.2 Å². The third-order valence-corrected chi connectivity index (χ3v) is 4.42. The molecule has 1 aromatic carbocycles. The van der Waals surface area contributed by atoms with Crippen LogP contribution in [0, 0.1) is 0 Å². The van der Waals surface area contributed by atoms with E-state index in [4.69, 9.17) is 16.0 Å². The van der Waals surface area contributed by atoms with E-state index < -0.39 is 0 Å². The molecule has 1 amide bonds. The zero-order valence-corrected chi connectivity index (χ0v) is 14.9. The molecule has 3 rings (SSSR count). The van der Waals surface area contributed by atoms with E-state index >= 15 is 0 Å². The van der Waals surface area contributed by atoms with E-state index in [0.717, 1.165) is 44.7 Å². The third-order valence-electron chi connectivity index (χ3n) is 4.17. The number of piperazine rings is 1. The van der Waals surface area contributed by atoms with Gasteiger partial charge in [-0.2, -0.15) is 0 Å². The smallest absolute Gasteiger partial charge is 0.226 e. The monoisotopic (exact) mass is 362 g/mol. The molecule has 0 saturated carbocycles. The number of benzene rings is 1. The number of hydrogen-bond acceptors (Lipinski definition) is 5. The summed E-state index contributed by atoms with van der Waals surface area (Å²) in [6.07, 6.45) is 2.72. The van der Waals surface area contributed by atoms with E-state index in [1.54, 1.807) is 12.1 Å². The van der Waals surface area contributed by atoms with Gasteiger partial charge in [0.25, 0.3) is 0 Å². The first-order valence-corrected chi connectivity index (χ1v) is 8.98. The van der Waals surface area contributed by atoms with Gasteiger partial charge >= 0.3 is 0 Å². The summed E-state index contributed by atoms with van der Waals surface area (Å²) >= 11 is 5.87. The van der Waals surface area contributed by atoms with Crippen molar-refractivity contribution in [2.45, 2.75) is 12.8 Å². The van der Waals surface area contributed by atoms with Gasteiger partial charge in [0.05, 0.1) is 12.1 Å². The van der Waals surface area contributed by atoms with Crippen LogP contribution in [0.15, 0.2) is 34.9 Å². The Bertz CT molecular complexity index is 681. The number of rotatable bonds is 7. The predicted molar refractivity (Wildman–Crippen MR) is 97.6 cm³/mol. The molecule has 1 fully saturated rings. The number of aromatic nitrogens is 1. The fourth-order valence-corrected chi connectivity index (χ4v) is 2.93. The Kier molecular flexibility index (Phi) is 6.44. The maximum Gasteiger partial charge on any atom is 0.226 e. The highest BCUT2D eigenvalue weighted by Gasteiger charge is 2.11. The molecule has 7 heteroatoms. The van der Waals surface area contributed by atoms with Crippen molar-refractivity contribution in [3.63, 3.8) is 0 Å². The Morgan fingerprint density at radius 3 is 2.80 bits per heavy atom. The molecule has 0 aliphatic carbocycles. The van der Waals surface area contributed by atoms with Gasteiger partial charge in [0, 0.05) is 43.3 Å². The van der Waals surface area contributed by atoms with Crippen molar-refractivity contribution in [1.29, 1.82) is 0 Å². The molecule has 6 nitrogen and oxygen atoms in total. The zero-order valence-electron chi connectivity index (χ0n) is 14.1. The first-order chi connectivity index (χ1) is 12.2. The first-order valence-electron chi connectivity index (χ1n) is 8.61. The molecule has 0 bridgehead atoms. The normalized spacial score (nSPS) is 15.2. The van der Waals surface area contributed by atoms with Crippen LogP contribution in [0.3, 0.4) is 0 Å². The van der Waals surface area contributed by atoms with Crippen molar-refractivity contribution in [2.75, 3.05) is 39.3 Å². The number of amides is 1. The summed E-state index contributed by atoms with van der Waals surface area (Å²) in [7, 11) is 0. The topological polar surface area (TPSA) is 70.4 Å². The van der Waals surface area contributed by atoms with E-state index in [1.165, 1.54) is 6.26 Å². The van der Waals surface area contributed by atoms with Crippen molar-refractivity contribution in [3.05, 3.63) is 41.2 Å². The Morgan fingerprint density at radius 1 is 1.28 bits per heavy atom. The number of carbonyl (C=O) groups excluding carboxylic acids is 1. The summed E-state index contributed by atoms with van der Waals surface area (Å²) in [5.41, 5.74) is 1.47. The van der Waals surface area contributed by atoms with Crippen molar-refractivity contribution in [2.24, 2.45) is 0 Å². The Morgan fingerprint density at radius 2 is 2.04 bits per heavy atom. The SMILES string of the molecule is O=C(Cc1coc(-c2ccc(Cl)cc2)n1)NCCCN1CCNCC1. The van der Waals surface area contributed by atoms with E-state index in [0.29, 0.717) is 23.2 Å². The minimum atomic E-state index is -0.0312. The van der Waals surface area contributed by atoms with Gasteiger partial charge in [-0.3, -0.25) is 4.79 Å². The lowest BCUT2D eigenvalue weighted by Crippen LogP contribution is -2.44. The fraction of sp³-hybridized carbons (Fsp3) is 0.444. The van der Waals surface area contributed by atoms with Crippen LogP contribution in [0.1, 0.15) is 12.1 Å². The van der Waals surface area contributed by atoms with E-state index in [1.807, 2.05) is 12.1 Å². The van der Waals surface area contributed by atoms with Crippen LogP contribution in [0.5, 0.6) is 0 Å². The van der Waals surface area contributed by atoms with Gasteiger partial charge in [0.1, 0.15) is 6.26 Å². The molecule has 0 spiro atoms. The molecule has 1 aliphatic heterocycles. The predicted octanol–water partition coefficient (Wildman–Crippen LogP) is 1.95. The molecule has 1 aromatic heterocycles. The standard InChI is InChI=1S/C18H23ClN4O2/c19-15-4-2-14(3-5-15)18-22-16(13-25-18)12-17(24)21-6-1-9-23-10-7-20-8-11-23/h2-5,13,20H,1,6-12H2,(H,21,24). The van der Waals surface area contributed by atoms with E-state index in [-0.39, 0.29) is 12.3 Å². The molecule has 25 heavy (non-hydrogen) atoms. The summed E-state index contributed by atoms with van der Waals surface area (Å²) in [6, 6.07) is 7.25. The van der Waals surface area contributed by atoms with Gasteiger partial charge in [-0.15, -0.1) is 0 Å². The van der Waals surface area contributed by atoms with E-state index in [9.17, 15) is 4.79 Å². The largest absolute Gasteiger partial charge is 0.444 e. The maximum atomic E-state index is 12.0. The Hall–Kier alpha value is -1.89. The highest BCUT2D eigenvalue weighted by molar-refractivity contribution is 6.30. The van der Waals surface area contributed by atoms with Crippen LogP contribution in [0.2, 0.25) is 5.02 Å². The molecular weight excluding hydrogens is 340 g/mol. The molecule has 2 aromatic rings. The summed E-state index contributed by atoms with van der Waals surface area (Å²) in [6.45, 7) is 5.97. The summed E-state index contributed by atoms with van der Waals surface area (Å²) in [5.74, 6) is 0.467. The van der Waals surface area contributed by atoms with Crippen molar-refractivity contribution < 1.29 is 9.21 Å². The average Bonchev–Trinajstić information content (AvgIpc) is 3.09. The summed E-state index contributed by atoms with van der Waals surface area (Å²) in [5, 5.41) is 6.94. The second-order valence-corrected chi connectivity index (χ2v) is 6.56. The highest BCUT2D eigenvalue weighted by Crippen LogP contribution is 2.20. The fourth-order valence-electron chi connectivity index (χ4n) is 2.81. The lowest BCUT2D eigenvalue weighted by molar-refractivity contribution is -0.120. The van der Waals surface area contributed by atoms with Crippen LogP contribution in [-0.4, -0.2) is 55.1 Å². The van der Waals surface area contributed by atoms with Gasteiger partial charge in [-0.25, -0.2) is 4.98 Å². The third kappa shape index (κ3) is 5.56. The molecule has 2 N–H and O–H groups in total. The van der Waals surface area contributed by atoms with Crippen LogP contribution in [-0.2, 0) is 11.2 Å². The molecule has 134 valence electrons. The zero-order chi connectivity index (χ0) is 17.5. The van der Waals surface area contributed by atoms with Crippen LogP contribution in [0.4, 0.5) is 0 Å². The number of hydrogen-bond donors (Lipinski definition) is 2. The number of oxazole rings is 1. The molecule has 2 heterocycles. The van der Waals surface area contributed by atoms with Crippen LogP contribution in [0.25, 0.3) is 11.5 Å². The molecule has 0 radical (unpaired) electrons. The minimum absolute atomic E-state index is 0.0312. The van der Waals surface area contributed by atoms with Gasteiger partial charge in [0.15, 0.2) is 0 Å². The second-order valence-electron chi connectivity index (χ2n) is 6.12. The van der Waals surface area contributed by atoms with Gasteiger partial charge < -0.3 is 20.0 Å². The number of halogens is 1. The minimum Gasteiger partial charge on any atom is -0.444 e. The molecule has 1 saturated heterocycles. The Balaban J connectivity index is 1.40. The molecule has 1 aliphatic rings. The first kappa shape index (κ1) is 17.9. The van der Waals surface area contributed by atoms with Gasteiger partial charge in [-0.1, -0.05) is 11.6 Å². The van der Waals surface area contributed by atoms with Crippen LogP contribution < -0.4 is 10.6 Å². The second kappa shape index (κ2) is 8.99. The van der Waals surface area contributed by atoms with Gasteiger partial charge in [0.2, 0.25) is 11.8 Å². The number of nitrogens with zero attached hydrogens (tertiary/aromatic N) is 2. The highest BCUT2D eigenvalue weighted by atomic mass is 35.5. The molecule has 0 unspecified atom stereocenters. The Labute approximate surface area is 152 Å². The lowest BCUT2D eigenvalue weighted by atomic mass is 10.2. The molecule has 0 atom stereocenters. The van der Waals surface area contributed by atoms with Crippen molar-refractivity contribution in [1.82, 2.24) is 20.5 Å². The van der Waals surface area contributed by atoms with Crippen molar-refractivity contribution in [3.8, 4) is 11.5 Å². The summed E-state index contributed by atoms with van der Waals surface area (Å²) in [4.78, 5) is 18.8. The quantitative estimate of drug-likeness (QED) is 0.737. The number of nitrogens with one attached hydrogen (secondary N) is 2. The number of carbonyl (C=O) groups is 1. The van der Waals surface area contributed by atoms with Crippen molar-refractivity contribution >= 4 is 17.5 Å². The lowest BCUT2D eigenvalue weighted by Gasteiger charge is -2.27. The van der Waals surface area contributed by atoms with Crippen LogP contribution >= 0.6 is 11.6 Å². The van der Waals surface area contributed by atoms with E-state index in [2.05, 4.69) is 20.5 Å². The maximum absolute atomic E-state index is 12.0. The summed E-state index contributed by atoms with van der Waals surface area (Å²) < 4.78 is 5.45. The molecular formula is C18H23ClN4O2. The average molecular weight is 363 g/mol.